The summed E-state index contributed by atoms with van der Waals surface area (Å²) in [6.07, 6.45) is -24.7. The molecule has 1 aliphatic carbocycles. The van der Waals surface area contributed by atoms with Crippen LogP contribution in [-0.2, 0) is 82.4 Å². The molecular formula is C57H82O26. The first-order valence-corrected chi connectivity index (χ1v) is 28.3. The van der Waals surface area contributed by atoms with E-state index in [2.05, 4.69) is 0 Å². The Balaban J connectivity index is 0.999. The summed E-state index contributed by atoms with van der Waals surface area (Å²) >= 11 is 0. The van der Waals surface area contributed by atoms with Crippen molar-refractivity contribution in [1.82, 2.24) is 0 Å². The van der Waals surface area contributed by atoms with Crippen LogP contribution in [0.1, 0.15) is 110 Å². The van der Waals surface area contributed by atoms with Crippen molar-refractivity contribution in [3.8, 4) is 17.2 Å². The van der Waals surface area contributed by atoms with Crippen molar-refractivity contribution >= 4 is 34.3 Å². The molecule has 5 aliphatic heterocycles. The molecule has 2 aromatic rings. The van der Waals surface area contributed by atoms with E-state index in [9.17, 15) is 55.2 Å². The Morgan fingerprint density at radius 2 is 1.35 bits per heavy atom. The van der Waals surface area contributed by atoms with Crippen molar-refractivity contribution in [1.29, 1.82) is 0 Å². The number of benzene rings is 2. The summed E-state index contributed by atoms with van der Waals surface area (Å²) in [6.45, 7) is 13.6. The van der Waals surface area contributed by atoms with Crippen molar-refractivity contribution in [3.05, 3.63) is 29.3 Å². The molecule has 0 radical (unpaired) electrons. The lowest BCUT2D eigenvalue weighted by molar-refractivity contribution is -0.325. The minimum Gasteiger partial charge on any atom is -0.507 e. The fourth-order valence-corrected chi connectivity index (χ4v) is 12.1. The van der Waals surface area contributed by atoms with E-state index in [1.165, 1.54) is 60.1 Å². The number of aliphatic hydroxyl groups excluding tert-OH is 5. The molecule has 5 fully saturated rings. The number of phenols is 2. The van der Waals surface area contributed by atoms with Gasteiger partial charge in [-0.1, -0.05) is 13.8 Å². The van der Waals surface area contributed by atoms with Gasteiger partial charge in [0.25, 0.3) is 0 Å². The van der Waals surface area contributed by atoms with Gasteiger partial charge in [-0.05, 0) is 71.0 Å². The Morgan fingerprint density at radius 1 is 0.723 bits per heavy atom. The van der Waals surface area contributed by atoms with Gasteiger partial charge in [0.15, 0.2) is 42.8 Å². The Labute approximate surface area is 480 Å². The third-order valence-electron chi connectivity index (χ3n) is 16.3. The molecule has 24 atom stereocenters. The first-order chi connectivity index (χ1) is 39.1. The summed E-state index contributed by atoms with van der Waals surface area (Å²) in [7, 11) is 2.64. The molecule has 0 amide bonds. The molecule has 0 bridgehead atoms. The van der Waals surface area contributed by atoms with E-state index in [1.807, 2.05) is 0 Å². The van der Waals surface area contributed by atoms with Crippen LogP contribution < -0.4 is 4.74 Å². The van der Waals surface area contributed by atoms with Crippen LogP contribution in [0.2, 0.25) is 0 Å². The van der Waals surface area contributed by atoms with E-state index in [-0.39, 0.29) is 72.8 Å². The first kappa shape index (κ1) is 64.7. The van der Waals surface area contributed by atoms with Crippen molar-refractivity contribution in [2.45, 2.75) is 242 Å². The van der Waals surface area contributed by atoms with E-state index in [0.717, 1.165) is 0 Å². The largest absolute Gasteiger partial charge is 0.507 e. The van der Waals surface area contributed by atoms with Crippen molar-refractivity contribution in [2.24, 2.45) is 11.8 Å². The number of hydrogen-bond donors (Lipinski definition) is 8. The molecule has 8 N–H and O–H groups in total. The number of fused-ring (bicyclic) bond motifs is 2. The normalized spacial score (nSPS) is 38.9. The predicted molar refractivity (Wildman–Crippen MR) is 282 cm³/mol. The maximum absolute atomic E-state index is 15.0. The topological polar surface area (TPSA) is 359 Å². The second-order valence-corrected chi connectivity index (χ2v) is 23.2. The zero-order chi connectivity index (χ0) is 60.7. The smallest absolute Gasteiger partial charge is 0.308 e. The molecule has 5 heterocycles. The van der Waals surface area contributed by atoms with Gasteiger partial charge in [-0.25, -0.2) is 0 Å². The van der Waals surface area contributed by atoms with Crippen LogP contribution in [0.5, 0.6) is 17.2 Å². The molecule has 83 heavy (non-hydrogen) atoms. The zero-order valence-corrected chi connectivity index (χ0v) is 48.5. The maximum Gasteiger partial charge on any atom is 0.308 e. The van der Waals surface area contributed by atoms with Gasteiger partial charge in [-0.15, -0.1) is 0 Å². The number of carbonyl (C=O) groups is 4. The number of ether oxygens (including phenoxy) is 14. The minimum atomic E-state index is -1.96. The molecule has 466 valence electrons. The highest BCUT2D eigenvalue weighted by molar-refractivity contribution is 6.11. The molecule has 26 heteroatoms. The maximum atomic E-state index is 15.0. The van der Waals surface area contributed by atoms with Crippen LogP contribution in [-0.4, -0.2) is 226 Å². The Kier molecular flexibility index (Phi) is 20.9. The van der Waals surface area contributed by atoms with Gasteiger partial charge in [0, 0.05) is 65.2 Å². The highest BCUT2D eigenvalue weighted by Crippen LogP contribution is 2.46. The summed E-state index contributed by atoms with van der Waals surface area (Å²) in [5.41, 5.74) is -1.65. The third-order valence-corrected chi connectivity index (χ3v) is 16.3. The van der Waals surface area contributed by atoms with Gasteiger partial charge in [-0.2, -0.15) is 0 Å². The average Bonchev–Trinajstić information content (AvgIpc) is 3.30. The summed E-state index contributed by atoms with van der Waals surface area (Å²) < 4.78 is 83.8. The van der Waals surface area contributed by atoms with Gasteiger partial charge >= 0.3 is 11.9 Å². The number of rotatable bonds is 19. The van der Waals surface area contributed by atoms with Crippen LogP contribution >= 0.6 is 0 Å². The molecule has 0 saturated carbocycles. The lowest BCUT2D eigenvalue weighted by Gasteiger charge is -2.46. The number of aliphatic hydroxyl groups is 6. The van der Waals surface area contributed by atoms with E-state index < -0.39 is 188 Å². The number of methoxy groups -OCH3 is 2. The summed E-state index contributed by atoms with van der Waals surface area (Å²) in [5.74, 6) is -5.79. The molecule has 0 spiro atoms. The van der Waals surface area contributed by atoms with Gasteiger partial charge in [0.1, 0.15) is 71.7 Å². The van der Waals surface area contributed by atoms with Gasteiger partial charge < -0.3 is 107 Å². The van der Waals surface area contributed by atoms with Gasteiger partial charge in [-0.3, -0.25) is 19.2 Å². The molecule has 26 nitrogen and oxygen atoms in total. The van der Waals surface area contributed by atoms with Crippen LogP contribution in [0, 0.1) is 11.8 Å². The third kappa shape index (κ3) is 14.4. The molecular weight excluding hydrogens is 1100 g/mol. The SMILES string of the molecule is COC(C(=O)C(O)C(C)O)C1Cc2cc3cc(OC4CC(OC(C)=O)C(OC5CC(O)C(OC)C(C)O5)C(C)O4)cc(O)c3c(O)c2C(=O)C1OC1CC(OC2CC(OC3CC(C)(O)C(OC(=O)C(C)C)C(C)O3)C(O)CO2)C(O)C(C)O1. The molecule has 0 aromatic heterocycles. The van der Waals surface area contributed by atoms with Crippen LogP contribution in [0.25, 0.3) is 10.8 Å². The number of ketones is 2. The highest BCUT2D eigenvalue weighted by atomic mass is 16.7. The Hall–Kier alpha value is -4.30. The number of phenolic OH excluding ortho intramolecular Hbond substituents is 2. The number of carbonyl (C=O) groups excluding carboxylic acids is 4. The average molecular weight is 1180 g/mol. The lowest BCUT2D eigenvalue weighted by Crippen LogP contribution is -2.58. The molecule has 2 aromatic carbocycles. The Bertz CT molecular complexity index is 2580. The summed E-state index contributed by atoms with van der Waals surface area (Å²) in [6, 6.07) is 4.18. The van der Waals surface area contributed by atoms with E-state index in [1.54, 1.807) is 34.6 Å². The van der Waals surface area contributed by atoms with Crippen LogP contribution in [0.15, 0.2) is 18.2 Å². The molecule has 8 rings (SSSR count). The van der Waals surface area contributed by atoms with E-state index >= 15 is 4.79 Å². The van der Waals surface area contributed by atoms with Crippen molar-refractivity contribution in [3.63, 3.8) is 0 Å². The fraction of sp³-hybridized carbons (Fsp3) is 0.754. The van der Waals surface area contributed by atoms with E-state index in [4.69, 9.17) is 66.3 Å². The molecule has 24 unspecified atom stereocenters. The van der Waals surface area contributed by atoms with E-state index in [0.29, 0.717) is 0 Å². The first-order valence-electron chi connectivity index (χ1n) is 28.3. The zero-order valence-electron chi connectivity index (χ0n) is 48.5. The van der Waals surface area contributed by atoms with Crippen molar-refractivity contribution in [2.75, 3.05) is 20.8 Å². The van der Waals surface area contributed by atoms with Crippen LogP contribution in [0.4, 0.5) is 0 Å². The number of esters is 2. The second-order valence-electron chi connectivity index (χ2n) is 23.2. The summed E-state index contributed by atoms with van der Waals surface area (Å²) in [5, 5.41) is 89.3. The lowest BCUT2D eigenvalue weighted by atomic mass is 9.75. The predicted octanol–water partition coefficient (Wildman–Crippen LogP) is 1.49. The number of aromatic hydroxyl groups is 2. The number of hydrogen-bond acceptors (Lipinski definition) is 26. The number of Topliss-reactive ketones (excluding diaryl/α,β-unsaturated/α-hetero) is 2. The quantitative estimate of drug-likeness (QED) is 0.0924. The van der Waals surface area contributed by atoms with Crippen LogP contribution in [0.3, 0.4) is 0 Å². The summed E-state index contributed by atoms with van der Waals surface area (Å²) in [4.78, 5) is 53.8. The minimum absolute atomic E-state index is 0.0406. The van der Waals surface area contributed by atoms with Gasteiger partial charge in [0.05, 0.1) is 72.3 Å². The van der Waals surface area contributed by atoms with Crippen molar-refractivity contribution < 1.29 is 126 Å². The fourth-order valence-electron chi connectivity index (χ4n) is 12.1. The second kappa shape index (κ2) is 26.8. The highest BCUT2D eigenvalue weighted by Gasteiger charge is 2.52. The Morgan fingerprint density at radius 3 is 1.99 bits per heavy atom. The molecule has 6 aliphatic rings. The standard InChI is InChI=1S/C57H82O26/c1-22(2)56(68)83-55-27(7)76-43(20-57(55,9)69)79-36-17-39(72-21-35(36)62)80-37-18-42(73-24(4)47(37)64)82-54-32(53(71-11)50(67)46(63)23(3)58)14-30-12-29-13-31(15-33(60)44(29)48(65)45(30)49(54)66)78-41-19-38(77-28(8)59)52(26(6)75-41)81-40-16-34(61)51(70-10)25(5)74-40/h12-13,15,22-27,32,34-43,46-47,51-55,58,60-65,69H,14,16-21H2,1-11H3. The monoisotopic (exact) mass is 1180 g/mol. The molecule has 5 saturated heterocycles. The van der Waals surface area contributed by atoms with Gasteiger partial charge in [0.2, 0.25) is 6.29 Å².